The lowest BCUT2D eigenvalue weighted by atomic mass is 10.2. The summed E-state index contributed by atoms with van der Waals surface area (Å²) in [5.41, 5.74) is 1.28. The third kappa shape index (κ3) is 6.16. The molecule has 2 rings (SSSR count). The Labute approximate surface area is 143 Å². The summed E-state index contributed by atoms with van der Waals surface area (Å²) in [4.78, 5) is 15.2. The van der Waals surface area contributed by atoms with Gasteiger partial charge in [-0.3, -0.25) is 4.79 Å². The first-order chi connectivity index (χ1) is 10.2. The first kappa shape index (κ1) is 19.3. The number of morpholine rings is 1. The molecule has 1 aromatic carbocycles. The van der Waals surface area contributed by atoms with Crippen LogP contribution >= 0.6 is 24.2 Å². The lowest BCUT2D eigenvalue weighted by molar-refractivity contribution is -0.143. The van der Waals surface area contributed by atoms with Crippen LogP contribution in [0.15, 0.2) is 29.2 Å². The minimum atomic E-state index is -0.312. The Bertz CT molecular complexity index is 450. The van der Waals surface area contributed by atoms with Crippen LogP contribution in [0.2, 0.25) is 0 Å². The molecule has 1 aromatic rings. The topological polar surface area (TPSA) is 41.6 Å². The first-order valence-electron chi connectivity index (χ1n) is 7.43. The van der Waals surface area contributed by atoms with E-state index in [0.717, 1.165) is 25.3 Å². The number of amides is 1. The van der Waals surface area contributed by atoms with Gasteiger partial charge in [0, 0.05) is 31.6 Å². The Morgan fingerprint density at radius 2 is 2.14 bits per heavy atom. The van der Waals surface area contributed by atoms with Gasteiger partial charge in [0.15, 0.2) is 0 Å². The number of thioether (sulfide) groups is 1. The highest BCUT2D eigenvalue weighted by Gasteiger charge is 2.24. The number of carbonyl (C=O) groups excluding carboxylic acids is 1. The second-order valence-electron chi connectivity index (χ2n) is 5.34. The predicted molar refractivity (Wildman–Crippen MR) is 94.0 cm³/mol. The molecule has 1 heterocycles. The Morgan fingerprint density at radius 3 is 2.77 bits per heavy atom. The number of benzene rings is 1. The fourth-order valence-corrected chi connectivity index (χ4v) is 3.04. The molecule has 1 N–H and O–H groups in total. The van der Waals surface area contributed by atoms with Gasteiger partial charge in [-0.25, -0.2) is 0 Å². The van der Waals surface area contributed by atoms with E-state index in [1.165, 1.54) is 10.5 Å². The Morgan fingerprint density at radius 1 is 1.41 bits per heavy atom. The number of rotatable bonds is 6. The molecular weight excluding hydrogens is 320 g/mol. The van der Waals surface area contributed by atoms with Crippen molar-refractivity contribution in [3.05, 3.63) is 29.8 Å². The van der Waals surface area contributed by atoms with Gasteiger partial charge in [0.05, 0.1) is 6.61 Å². The zero-order chi connectivity index (χ0) is 15.1. The molecule has 0 aliphatic carbocycles. The Balaban J connectivity index is 0.00000242. The number of halogens is 1. The van der Waals surface area contributed by atoms with Crippen molar-refractivity contribution < 1.29 is 9.53 Å². The molecule has 1 unspecified atom stereocenters. The summed E-state index contributed by atoms with van der Waals surface area (Å²) < 4.78 is 5.49. The highest BCUT2D eigenvalue weighted by molar-refractivity contribution is 7.99. The standard InChI is InChI=1S/C16H24N2O2S.ClH/c1-13-4-6-14(7-5-13)21-11-3-9-18(2)16(19)15-12-17-8-10-20-15;/h4-7,15,17H,3,8-12H2,1-2H3;1H. The zero-order valence-electron chi connectivity index (χ0n) is 13.2. The number of aryl methyl sites for hydroxylation is 1. The van der Waals surface area contributed by atoms with E-state index >= 15 is 0 Å². The van der Waals surface area contributed by atoms with Gasteiger partial charge in [-0.05, 0) is 31.2 Å². The molecule has 6 heteroatoms. The molecular formula is C16H25ClN2O2S. The minimum absolute atomic E-state index is 0. The molecule has 0 saturated carbocycles. The summed E-state index contributed by atoms with van der Waals surface area (Å²) in [5, 5.41) is 3.19. The monoisotopic (exact) mass is 344 g/mol. The first-order valence-corrected chi connectivity index (χ1v) is 8.42. The van der Waals surface area contributed by atoms with Crippen molar-refractivity contribution in [3.8, 4) is 0 Å². The van der Waals surface area contributed by atoms with Crippen LogP contribution in [0.1, 0.15) is 12.0 Å². The minimum Gasteiger partial charge on any atom is -0.366 e. The summed E-state index contributed by atoms with van der Waals surface area (Å²) >= 11 is 1.84. The van der Waals surface area contributed by atoms with Gasteiger partial charge in [0.1, 0.15) is 6.10 Å². The van der Waals surface area contributed by atoms with Crippen LogP contribution in [0.3, 0.4) is 0 Å². The molecule has 22 heavy (non-hydrogen) atoms. The average molecular weight is 345 g/mol. The molecule has 124 valence electrons. The van der Waals surface area contributed by atoms with Crippen LogP contribution < -0.4 is 5.32 Å². The van der Waals surface area contributed by atoms with Crippen molar-refractivity contribution in [2.75, 3.05) is 39.0 Å². The van der Waals surface area contributed by atoms with Gasteiger partial charge in [0.25, 0.3) is 5.91 Å². The van der Waals surface area contributed by atoms with Gasteiger partial charge < -0.3 is 15.0 Å². The molecule has 1 fully saturated rings. The van der Waals surface area contributed by atoms with Crippen LogP contribution in [-0.2, 0) is 9.53 Å². The normalized spacial score (nSPS) is 17.6. The SMILES string of the molecule is Cc1ccc(SCCCN(C)C(=O)C2CNCCO2)cc1.Cl. The molecule has 1 aliphatic heterocycles. The van der Waals surface area contributed by atoms with E-state index in [1.807, 2.05) is 18.8 Å². The fourth-order valence-electron chi connectivity index (χ4n) is 2.21. The molecule has 0 bridgehead atoms. The maximum absolute atomic E-state index is 12.2. The van der Waals surface area contributed by atoms with Crippen molar-refractivity contribution in [1.29, 1.82) is 0 Å². The molecule has 0 spiro atoms. The summed E-state index contributed by atoms with van der Waals surface area (Å²) in [6.45, 7) is 4.95. The van der Waals surface area contributed by atoms with Crippen molar-refractivity contribution in [2.45, 2.75) is 24.3 Å². The molecule has 1 amide bonds. The Kier molecular flexibility index (Phi) is 8.86. The third-order valence-electron chi connectivity index (χ3n) is 3.51. The van der Waals surface area contributed by atoms with E-state index in [9.17, 15) is 4.79 Å². The van der Waals surface area contributed by atoms with Crippen LogP contribution in [0, 0.1) is 6.92 Å². The molecule has 0 aromatic heterocycles. The quantitative estimate of drug-likeness (QED) is 0.635. The average Bonchev–Trinajstić information content (AvgIpc) is 2.53. The van der Waals surface area contributed by atoms with Gasteiger partial charge in [-0.2, -0.15) is 0 Å². The van der Waals surface area contributed by atoms with Crippen LogP contribution in [0.25, 0.3) is 0 Å². The van der Waals surface area contributed by atoms with E-state index in [-0.39, 0.29) is 24.4 Å². The highest BCUT2D eigenvalue weighted by atomic mass is 35.5. The van der Waals surface area contributed by atoms with Crippen molar-refractivity contribution in [3.63, 3.8) is 0 Å². The molecule has 1 aliphatic rings. The van der Waals surface area contributed by atoms with E-state index in [0.29, 0.717) is 13.2 Å². The number of ether oxygens (including phenoxy) is 1. The Hall–Kier alpha value is -0.750. The lowest BCUT2D eigenvalue weighted by Crippen LogP contribution is -2.48. The second kappa shape index (κ2) is 10.1. The van der Waals surface area contributed by atoms with Gasteiger partial charge in [0.2, 0.25) is 0 Å². The maximum atomic E-state index is 12.2. The van der Waals surface area contributed by atoms with Gasteiger partial charge in [-0.1, -0.05) is 17.7 Å². The van der Waals surface area contributed by atoms with Crippen LogP contribution in [0.4, 0.5) is 0 Å². The summed E-state index contributed by atoms with van der Waals surface area (Å²) in [6.07, 6.45) is 0.675. The van der Waals surface area contributed by atoms with Crippen molar-refractivity contribution in [2.24, 2.45) is 0 Å². The highest BCUT2D eigenvalue weighted by Crippen LogP contribution is 2.19. The van der Waals surface area contributed by atoms with Gasteiger partial charge in [-0.15, -0.1) is 24.2 Å². The fraction of sp³-hybridized carbons (Fsp3) is 0.562. The number of hydrogen-bond acceptors (Lipinski definition) is 4. The molecule has 1 saturated heterocycles. The molecule has 1 atom stereocenters. The van der Waals surface area contributed by atoms with Gasteiger partial charge >= 0.3 is 0 Å². The molecule has 4 nitrogen and oxygen atoms in total. The van der Waals surface area contributed by atoms with E-state index in [1.54, 1.807) is 4.90 Å². The zero-order valence-corrected chi connectivity index (χ0v) is 14.8. The summed E-state index contributed by atoms with van der Waals surface area (Å²) in [6, 6.07) is 8.56. The number of carbonyl (C=O) groups is 1. The van der Waals surface area contributed by atoms with E-state index in [4.69, 9.17) is 4.74 Å². The van der Waals surface area contributed by atoms with Crippen LogP contribution in [-0.4, -0.2) is 56.0 Å². The second-order valence-corrected chi connectivity index (χ2v) is 6.51. The predicted octanol–water partition coefficient (Wildman–Crippen LogP) is 2.35. The number of nitrogens with zero attached hydrogens (tertiary/aromatic N) is 1. The van der Waals surface area contributed by atoms with E-state index < -0.39 is 0 Å². The smallest absolute Gasteiger partial charge is 0.252 e. The van der Waals surface area contributed by atoms with Crippen molar-refractivity contribution >= 4 is 30.1 Å². The summed E-state index contributed by atoms with van der Waals surface area (Å²) in [7, 11) is 1.86. The third-order valence-corrected chi connectivity index (χ3v) is 4.61. The van der Waals surface area contributed by atoms with Crippen molar-refractivity contribution in [1.82, 2.24) is 10.2 Å². The van der Waals surface area contributed by atoms with E-state index in [2.05, 4.69) is 36.5 Å². The largest absolute Gasteiger partial charge is 0.366 e. The maximum Gasteiger partial charge on any atom is 0.252 e. The summed E-state index contributed by atoms with van der Waals surface area (Å²) in [5.74, 6) is 1.10. The van der Waals surface area contributed by atoms with Crippen LogP contribution in [0.5, 0.6) is 0 Å². The number of likely N-dealkylation sites (N-methyl/N-ethyl adjacent to an activating group) is 1. The molecule has 0 radical (unpaired) electrons. The lowest BCUT2D eigenvalue weighted by Gasteiger charge is -2.27. The number of hydrogen-bond donors (Lipinski definition) is 1. The number of nitrogens with one attached hydrogen (secondary N) is 1.